The van der Waals surface area contributed by atoms with Crippen LogP contribution in [0.4, 0.5) is 0 Å². The average Bonchev–Trinajstić information content (AvgIpc) is 2.97. The number of hydrogen-bond acceptors (Lipinski definition) is 7. The Morgan fingerprint density at radius 2 is 1.45 bits per heavy atom. The molecule has 1 amide bonds. The number of ketones is 1. The Morgan fingerprint density at radius 3 is 1.98 bits per heavy atom. The Labute approximate surface area is 263 Å². The van der Waals surface area contributed by atoms with Crippen LogP contribution >= 0.6 is 0 Å². The molecule has 0 aliphatic carbocycles. The summed E-state index contributed by atoms with van der Waals surface area (Å²) >= 11 is 0. The number of amides is 1. The van der Waals surface area contributed by atoms with Crippen LogP contribution in [0.25, 0.3) is 0 Å². The molecule has 0 spiro atoms. The number of esters is 2. The van der Waals surface area contributed by atoms with Crippen molar-refractivity contribution in [1.82, 2.24) is 4.90 Å². The minimum atomic E-state index is -0.629. The van der Waals surface area contributed by atoms with Crippen LogP contribution in [-0.2, 0) is 41.6 Å². The summed E-state index contributed by atoms with van der Waals surface area (Å²) in [5, 5.41) is 0. The molecule has 0 bridgehead atoms. The molecule has 0 heterocycles. The number of hydrogen-bond donors (Lipinski definition) is 0. The minimum Gasteiger partial charge on any atom is -0.461 e. The second-order valence-corrected chi connectivity index (χ2v) is 12.9. The van der Waals surface area contributed by atoms with E-state index in [1.54, 1.807) is 43.3 Å². The molecule has 8 nitrogen and oxygen atoms in total. The van der Waals surface area contributed by atoms with Crippen molar-refractivity contribution in [3.8, 4) is 0 Å². The van der Waals surface area contributed by atoms with Crippen LogP contribution in [0.5, 0.6) is 0 Å². The van der Waals surface area contributed by atoms with E-state index in [0.29, 0.717) is 5.56 Å². The number of rotatable bonds is 16. The Morgan fingerprint density at radius 1 is 0.841 bits per heavy atom. The molecule has 8 heteroatoms. The fourth-order valence-corrected chi connectivity index (χ4v) is 5.23. The van der Waals surface area contributed by atoms with Gasteiger partial charge in [-0.2, -0.15) is 0 Å². The van der Waals surface area contributed by atoms with Gasteiger partial charge in [-0.15, -0.1) is 0 Å². The van der Waals surface area contributed by atoms with Crippen molar-refractivity contribution in [2.45, 2.75) is 98.5 Å². The van der Waals surface area contributed by atoms with Crippen molar-refractivity contribution in [3.63, 3.8) is 0 Å². The molecule has 0 unspecified atom stereocenters. The average molecular weight is 610 g/mol. The Balaban J connectivity index is 2.11. The van der Waals surface area contributed by atoms with Gasteiger partial charge in [0.2, 0.25) is 5.91 Å². The van der Waals surface area contributed by atoms with E-state index >= 15 is 0 Å². The SMILES string of the molecule is CC[C@H](C)[C@@H]([C@@H](CC(=O)OC(C)(C)C)OC)N(C)C(=O)[C@@H](CC(=O)c1ccc(CC(=O)OCc2ccccc2)cc1)C(C)C. The number of benzene rings is 2. The molecule has 2 rings (SSSR count). The first-order valence-corrected chi connectivity index (χ1v) is 15.5. The summed E-state index contributed by atoms with van der Waals surface area (Å²) < 4.78 is 16.7. The van der Waals surface area contributed by atoms with Gasteiger partial charge < -0.3 is 19.1 Å². The highest BCUT2D eigenvalue weighted by Gasteiger charge is 2.38. The van der Waals surface area contributed by atoms with Gasteiger partial charge in [0, 0.05) is 32.1 Å². The summed E-state index contributed by atoms with van der Waals surface area (Å²) in [4.78, 5) is 54.0. The van der Waals surface area contributed by atoms with E-state index in [0.717, 1.165) is 17.5 Å². The zero-order chi connectivity index (χ0) is 33.0. The topological polar surface area (TPSA) is 99.2 Å². The van der Waals surface area contributed by atoms with E-state index in [-0.39, 0.29) is 67.4 Å². The lowest BCUT2D eigenvalue weighted by atomic mass is 9.85. The third-order valence-corrected chi connectivity index (χ3v) is 7.89. The van der Waals surface area contributed by atoms with E-state index in [1.165, 1.54) is 0 Å². The Hall–Kier alpha value is -3.52. The number of ether oxygens (including phenoxy) is 3. The number of methoxy groups -OCH3 is 1. The molecule has 0 radical (unpaired) electrons. The standard InChI is InChI=1S/C36H51NO7/c1-10-25(4)34(31(42-9)22-33(40)44-36(5,6)7)37(8)35(41)29(24(2)3)21-30(38)28-18-16-26(17-19-28)20-32(39)43-23-27-14-12-11-13-15-27/h11-19,24-25,29,31,34H,10,20-23H2,1-9H3/t25-,29-,31+,34-/m0/s1. The van der Waals surface area contributed by atoms with Gasteiger partial charge in [0.25, 0.3) is 0 Å². The molecular weight excluding hydrogens is 558 g/mol. The lowest BCUT2D eigenvalue weighted by molar-refractivity contribution is -0.161. The van der Waals surface area contributed by atoms with Crippen molar-refractivity contribution >= 4 is 23.6 Å². The van der Waals surface area contributed by atoms with Crippen LogP contribution in [-0.4, -0.2) is 60.4 Å². The molecule has 242 valence electrons. The van der Waals surface area contributed by atoms with Crippen LogP contribution in [0.2, 0.25) is 0 Å². The van der Waals surface area contributed by atoms with E-state index in [1.807, 2.05) is 78.8 Å². The predicted octanol–water partition coefficient (Wildman–Crippen LogP) is 6.44. The summed E-state index contributed by atoms with van der Waals surface area (Å²) in [5.74, 6) is -1.68. The maximum absolute atomic E-state index is 13.9. The second-order valence-electron chi connectivity index (χ2n) is 12.9. The Kier molecular flexibility index (Phi) is 14.2. The van der Waals surface area contributed by atoms with Crippen molar-refractivity contribution < 1.29 is 33.4 Å². The summed E-state index contributed by atoms with van der Waals surface area (Å²) in [7, 11) is 3.27. The van der Waals surface area contributed by atoms with Crippen LogP contribution in [0.1, 0.15) is 89.2 Å². The van der Waals surface area contributed by atoms with Gasteiger partial charge in [-0.3, -0.25) is 19.2 Å². The van der Waals surface area contributed by atoms with Gasteiger partial charge >= 0.3 is 11.9 Å². The van der Waals surface area contributed by atoms with Gasteiger partial charge in [-0.25, -0.2) is 0 Å². The van der Waals surface area contributed by atoms with Gasteiger partial charge in [0.05, 0.1) is 25.0 Å². The van der Waals surface area contributed by atoms with Gasteiger partial charge in [-0.05, 0) is 43.7 Å². The first-order valence-electron chi connectivity index (χ1n) is 15.5. The number of nitrogens with zero attached hydrogens (tertiary/aromatic N) is 1. The van der Waals surface area contributed by atoms with Crippen LogP contribution in [0, 0.1) is 17.8 Å². The quantitative estimate of drug-likeness (QED) is 0.160. The molecule has 0 N–H and O–H groups in total. The number of carbonyl (C=O) groups excluding carboxylic acids is 4. The van der Waals surface area contributed by atoms with Crippen molar-refractivity contribution in [1.29, 1.82) is 0 Å². The normalized spacial score (nSPS) is 14.3. The number of Topliss-reactive ketones (excluding diaryl/α,β-unsaturated/α-hetero) is 1. The molecule has 0 aromatic heterocycles. The van der Waals surface area contributed by atoms with Gasteiger partial charge in [-0.1, -0.05) is 88.7 Å². The molecule has 0 aliphatic rings. The highest BCUT2D eigenvalue weighted by atomic mass is 16.6. The zero-order valence-corrected chi connectivity index (χ0v) is 27.9. The highest BCUT2D eigenvalue weighted by Crippen LogP contribution is 2.28. The number of likely N-dealkylation sites (N-methyl/N-ethyl adjacent to an activating group) is 1. The molecule has 0 saturated heterocycles. The maximum Gasteiger partial charge on any atom is 0.310 e. The molecule has 0 saturated carbocycles. The maximum atomic E-state index is 13.9. The predicted molar refractivity (Wildman–Crippen MR) is 171 cm³/mol. The van der Waals surface area contributed by atoms with Crippen molar-refractivity contribution in [3.05, 3.63) is 71.3 Å². The first-order chi connectivity index (χ1) is 20.7. The molecule has 0 fully saturated rings. The third-order valence-electron chi connectivity index (χ3n) is 7.89. The second kappa shape index (κ2) is 17.1. The van der Waals surface area contributed by atoms with E-state index < -0.39 is 17.6 Å². The van der Waals surface area contributed by atoms with E-state index in [4.69, 9.17) is 14.2 Å². The van der Waals surface area contributed by atoms with Crippen LogP contribution in [0.15, 0.2) is 54.6 Å². The third kappa shape index (κ3) is 11.5. The summed E-state index contributed by atoms with van der Waals surface area (Å²) in [6, 6.07) is 16.0. The van der Waals surface area contributed by atoms with Gasteiger partial charge in [0.1, 0.15) is 12.2 Å². The molecule has 2 aromatic rings. The minimum absolute atomic E-state index is 0.0117. The van der Waals surface area contributed by atoms with Crippen LogP contribution < -0.4 is 0 Å². The molecular formula is C36H51NO7. The highest BCUT2D eigenvalue weighted by molar-refractivity contribution is 5.98. The first kappa shape index (κ1) is 36.7. The summed E-state index contributed by atoms with van der Waals surface area (Å²) in [5.41, 5.74) is 1.50. The number of carbonyl (C=O) groups is 4. The smallest absolute Gasteiger partial charge is 0.310 e. The van der Waals surface area contributed by atoms with Crippen LogP contribution in [0.3, 0.4) is 0 Å². The van der Waals surface area contributed by atoms with Crippen molar-refractivity contribution in [2.24, 2.45) is 17.8 Å². The lowest BCUT2D eigenvalue weighted by Crippen LogP contribution is -2.52. The monoisotopic (exact) mass is 609 g/mol. The van der Waals surface area contributed by atoms with E-state index in [9.17, 15) is 19.2 Å². The van der Waals surface area contributed by atoms with E-state index in [2.05, 4.69) is 0 Å². The molecule has 4 atom stereocenters. The molecule has 2 aromatic carbocycles. The fraction of sp³-hybridized carbons (Fsp3) is 0.556. The fourth-order valence-electron chi connectivity index (χ4n) is 5.23. The van der Waals surface area contributed by atoms with Gasteiger partial charge in [0.15, 0.2) is 5.78 Å². The largest absolute Gasteiger partial charge is 0.461 e. The Bertz CT molecular complexity index is 1220. The molecule has 0 aliphatic heterocycles. The summed E-state index contributed by atoms with van der Waals surface area (Å²) in [6.45, 7) is 13.6. The summed E-state index contributed by atoms with van der Waals surface area (Å²) in [6.07, 6.45) is 0.353. The molecule has 44 heavy (non-hydrogen) atoms. The lowest BCUT2D eigenvalue weighted by Gasteiger charge is -2.39. The zero-order valence-electron chi connectivity index (χ0n) is 27.9. The van der Waals surface area contributed by atoms with Crippen molar-refractivity contribution in [2.75, 3.05) is 14.2 Å².